The molecule has 0 radical (unpaired) electrons. The first-order valence-corrected chi connectivity index (χ1v) is 11.7. The highest BCUT2D eigenvalue weighted by Gasteiger charge is 2.93. The molecule has 0 aliphatic rings. The molecule has 0 atom stereocenters. The number of alkyl halides is 15. The molecule has 0 saturated carbocycles. The van der Waals surface area contributed by atoms with E-state index in [0.29, 0.717) is 0 Å². The maximum Gasteiger partial charge on any atom is 0.460 e. The molecular formula is C16H21F15O2Si. The fraction of sp³-hybridized carbons (Fsp3) is 1.00. The van der Waals surface area contributed by atoms with Gasteiger partial charge in [-0.05, 0) is 32.4 Å². The molecule has 0 aromatic rings. The number of hydrogen-bond acceptors (Lipinski definition) is 2. The Bertz CT molecular complexity index is 657. The van der Waals surface area contributed by atoms with Crippen LogP contribution in [0.15, 0.2) is 0 Å². The molecule has 0 heterocycles. The Morgan fingerprint density at radius 1 is 0.529 bits per heavy atom. The molecule has 0 aliphatic heterocycles. The molecular weight excluding hydrogens is 537 g/mol. The summed E-state index contributed by atoms with van der Waals surface area (Å²) in [7, 11) is -3.34. The average molecular weight is 558 g/mol. The number of hydrogen-bond donors (Lipinski definition) is 0. The van der Waals surface area contributed by atoms with Crippen LogP contribution < -0.4 is 0 Å². The average Bonchev–Trinajstić information content (AvgIpc) is 2.66. The fourth-order valence-corrected chi connectivity index (χ4v) is 5.73. The molecule has 0 spiro atoms. The molecule has 206 valence electrons. The largest absolute Gasteiger partial charge is 0.460 e. The van der Waals surface area contributed by atoms with E-state index in [1.807, 2.05) is 0 Å². The van der Waals surface area contributed by atoms with Crippen LogP contribution in [-0.2, 0) is 8.85 Å². The van der Waals surface area contributed by atoms with Gasteiger partial charge in [0.1, 0.15) is 0 Å². The lowest BCUT2D eigenvalue weighted by Crippen LogP contribution is -2.72. The monoisotopic (exact) mass is 558 g/mol. The molecule has 0 saturated heterocycles. The van der Waals surface area contributed by atoms with Crippen LogP contribution >= 0.6 is 0 Å². The first-order valence-electron chi connectivity index (χ1n) is 9.50. The van der Waals surface area contributed by atoms with Crippen LogP contribution in [0.2, 0.25) is 12.1 Å². The zero-order valence-electron chi connectivity index (χ0n) is 17.7. The Morgan fingerprint density at radius 3 is 1.21 bits per heavy atom. The van der Waals surface area contributed by atoms with Gasteiger partial charge >= 0.3 is 50.3 Å². The Kier molecular flexibility index (Phi) is 9.94. The Hall–Kier alpha value is -0.913. The molecule has 0 N–H and O–H groups in total. The van der Waals surface area contributed by atoms with Crippen molar-refractivity contribution in [2.45, 2.75) is 87.4 Å². The van der Waals surface area contributed by atoms with Gasteiger partial charge in [-0.3, -0.25) is 0 Å². The summed E-state index contributed by atoms with van der Waals surface area (Å²) in [6.45, 7) is 4.25. The molecule has 0 aliphatic carbocycles. The maximum absolute atomic E-state index is 13.9. The lowest BCUT2D eigenvalue weighted by molar-refractivity contribution is -0.452. The summed E-state index contributed by atoms with van der Waals surface area (Å²) in [6, 6.07) is -0.523. The highest BCUT2D eigenvalue weighted by molar-refractivity contribution is 6.67. The van der Waals surface area contributed by atoms with E-state index in [9.17, 15) is 65.9 Å². The Morgan fingerprint density at radius 2 is 0.882 bits per heavy atom. The van der Waals surface area contributed by atoms with Gasteiger partial charge in [0.05, 0.1) is 0 Å². The van der Waals surface area contributed by atoms with E-state index in [0.717, 1.165) is 0 Å². The predicted molar refractivity (Wildman–Crippen MR) is 89.3 cm³/mol. The second-order valence-electron chi connectivity index (χ2n) is 7.06. The number of halogens is 15. The van der Waals surface area contributed by atoms with E-state index in [1.54, 1.807) is 0 Å². The van der Waals surface area contributed by atoms with Gasteiger partial charge in [0.2, 0.25) is 0 Å². The van der Waals surface area contributed by atoms with Crippen LogP contribution in [0.25, 0.3) is 0 Å². The van der Waals surface area contributed by atoms with Gasteiger partial charge in [-0.1, -0.05) is 6.92 Å². The lowest BCUT2D eigenvalue weighted by atomic mass is 9.90. The van der Waals surface area contributed by atoms with Crippen molar-refractivity contribution in [3.8, 4) is 0 Å². The zero-order valence-corrected chi connectivity index (χ0v) is 18.7. The van der Waals surface area contributed by atoms with Crippen molar-refractivity contribution in [2.75, 3.05) is 13.2 Å². The minimum absolute atomic E-state index is 0.0423. The van der Waals surface area contributed by atoms with Crippen LogP contribution in [0.5, 0.6) is 0 Å². The smallest absolute Gasteiger partial charge is 0.394 e. The first kappa shape index (κ1) is 33.1. The van der Waals surface area contributed by atoms with Crippen molar-refractivity contribution < 1.29 is 74.7 Å². The summed E-state index contributed by atoms with van der Waals surface area (Å²) >= 11 is 0. The van der Waals surface area contributed by atoms with Crippen LogP contribution in [0.3, 0.4) is 0 Å². The molecule has 2 nitrogen and oxygen atoms in total. The summed E-state index contributed by atoms with van der Waals surface area (Å²) < 4.78 is 208. The summed E-state index contributed by atoms with van der Waals surface area (Å²) in [4.78, 5) is 0. The summed E-state index contributed by atoms with van der Waals surface area (Å²) in [5, 5.41) is 0. The highest BCUT2D eigenvalue weighted by atomic mass is 28.4. The number of rotatable bonds is 14. The molecule has 0 aromatic carbocycles. The fourth-order valence-electron chi connectivity index (χ4n) is 2.83. The van der Waals surface area contributed by atoms with Crippen molar-refractivity contribution in [3.63, 3.8) is 0 Å². The summed E-state index contributed by atoms with van der Waals surface area (Å²) in [6.07, 6.45) is -11.1. The molecule has 0 bridgehead atoms. The summed E-state index contributed by atoms with van der Waals surface area (Å²) in [5.41, 5.74) is 0. The van der Waals surface area contributed by atoms with Gasteiger partial charge in [-0.15, -0.1) is 0 Å². The van der Waals surface area contributed by atoms with Crippen LogP contribution in [0.4, 0.5) is 65.9 Å². The maximum atomic E-state index is 13.9. The second-order valence-corrected chi connectivity index (χ2v) is 10.7. The van der Waals surface area contributed by atoms with E-state index in [1.165, 1.54) is 20.8 Å². The van der Waals surface area contributed by atoms with Gasteiger partial charge in [-0.25, -0.2) is 0 Å². The normalized spacial score (nSPS) is 15.7. The van der Waals surface area contributed by atoms with Crippen molar-refractivity contribution in [1.29, 1.82) is 0 Å². The SMILES string of the molecule is CCO[Si](CC)(CCCC(F)(F)C(F)(F)C(F)(F)C(F)(F)C(F)(F)C(F)(F)C(F)(F)F)OCC. The Balaban J connectivity index is 6.09. The van der Waals surface area contributed by atoms with Crippen molar-refractivity contribution in [2.24, 2.45) is 0 Å². The van der Waals surface area contributed by atoms with Crippen LogP contribution in [0.1, 0.15) is 33.6 Å². The van der Waals surface area contributed by atoms with Gasteiger partial charge in [-0.2, -0.15) is 65.9 Å². The van der Waals surface area contributed by atoms with E-state index < -0.39 is 69.2 Å². The molecule has 34 heavy (non-hydrogen) atoms. The lowest BCUT2D eigenvalue weighted by Gasteiger charge is -2.41. The molecule has 0 rings (SSSR count). The topological polar surface area (TPSA) is 18.5 Å². The first-order chi connectivity index (χ1) is 14.9. The van der Waals surface area contributed by atoms with E-state index in [-0.39, 0.29) is 19.3 Å². The van der Waals surface area contributed by atoms with Crippen LogP contribution in [-0.4, -0.2) is 63.5 Å². The highest BCUT2D eigenvalue weighted by Crippen LogP contribution is 2.62. The Labute approximate surface area is 185 Å². The van der Waals surface area contributed by atoms with Gasteiger partial charge < -0.3 is 8.85 Å². The zero-order chi connectivity index (χ0) is 27.7. The van der Waals surface area contributed by atoms with Gasteiger partial charge in [0, 0.05) is 19.6 Å². The summed E-state index contributed by atoms with van der Waals surface area (Å²) in [5.74, 6) is -46.2. The molecule has 0 aromatic heterocycles. The van der Waals surface area contributed by atoms with E-state index in [4.69, 9.17) is 8.85 Å². The molecule has 18 heteroatoms. The van der Waals surface area contributed by atoms with E-state index >= 15 is 0 Å². The second kappa shape index (κ2) is 10.2. The minimum Gasteiger partial charge on any atom is -0.394 e. The third-order valence-electron chi connectivity index (χ3n) is 4.79. The van der Waals surface area contributed by atoms with Gasteiger partial charge in [0.25, 0.3) is 0 Å². The van der Waals surface area contributed by atoms with E-state index in [2.05, 4.69) is 0 Å². The third kappa shape index (κ3) is 5.42. The minimum atomic E-state index is -8.26. The van der Waals surface area contributed by atoms with Crippen molar-refractivity contribution in [1.82, 2.24) is 0 Å². The third-order valence-corrected chi connectivity index (χ3v) is 8.62. The predicted octanol–water partition coefficient (Wildman–Crippen LogP) is 7.68. The molecule has 0 unspecified atom stereocenters. The quantitative estimate of drug-likeness (QED) is 0.161. The molecule has 0 fully saturated rings. The van der Waals surface area contributed by atoms with Gasteiger partial charge in [0.15, 0.2) is 0 Å². The van der Waals surface area contributed by atoms with Crippen molar-refractivity contribution in [3.05, 3.63) is 0 Å². The molecule has 0 amide bonds. The standard InChI is InChI=1S/C16H21F15O2Si/c1-4-32-34(6-3,33-5-2)9-7-8-10(17,18)11(19,20)12(21,22)13(23,24)14(25,26)15(27,28)16(29,30)31/h4-9H2,1-3H3. The van der Waals surface area contributed by atoms with Crippen LogP contribution in [0, 0.1) is 0 Å². The van der Waals surface area contributed by atoms with Crippen molar-refractivity contribution >= 4 is 8.56 Å².